The molecule has 0 atom stereocenters. The second kappa shape index (κ2) is 6.91. The third-order valence-electron chi connectivity index (χ3n) is 5.12. The van der Waals surface area contributed by atoms with Crippen LogP contribution in [0.5, 0.6) is 0 Å². The molecule has 1 aliphatic rings. The van der Waals surface area contributed by atoms with E-state index < -0.39 is 0 Å². The molecule has 0 radical (unpaired) electrons. The quantitative estimate of drug-likeness (QED) is 0.640. The number of hydrogen-bond acceptors (Lipinski definition) is 2. The number of hydrogen-bond donors (Lipinski definition) is 0. The van der Waals surface area contributed by atoms with Crippen LogP contribution in [0.1, 0.15) is 54.2 Å². The van der Waals surface area contributed by atoms with E-state index in [0.717, 1.165) is 23.6 Å². The lowest BCUT2D eigenvalue weighted by atomic mass is 10.0. The van der Waals surface area contributed by atoms with Crippen LogP contribution >= 0.6 is 0 Å². The summed E-state index contributed by atoms with van der Waals surface area (Å²) in [7, 11) is 0. The molecule has 4 rings (SSSR count). The molecule has 0 unspecified atom stereocenters. The monoisotopic (exact) mass is 344 g/mol. The summed E-state index contributed by atoms with van der Waals surface area (Å²) >= 11 is 0. The molecule has 3 aromatic rings. The number of amides is 1. The van der Waals surface area contributed by atoms with Crippen LogP contribution < -0.4 is 0 Å². The van der Waals surface area contributed by atoms with Crippen molar-refractivity contribution in [1.82, 2.24) is 9.88 Å². The molecule has 1 aliphatic carbocycles. The van der Waals surface area contributed by atoms with Crippen molar-refractivity contribution in [3.63, 3.8) is 0 Å². The van der Waals surface area contributed by atoms with Gasteiger partial charge in [0.25, 0.3) is 5.91 Å². The van der Waals surface area contributed by atoms with Crippen LogP contribution in [-0.4, -0.2) is 21.8 Å². The van der Waals surface area contributed by atoms with Gasteiger partial charge in [-0.25, -0.2) is 0 Å². The van der Waals surface area contributed by atoms with Gasteiger partial charge in [-0.1, -0.05) is 62.4 Å². The number of pyridine rings is 1. The molecule has 3 heteroatoms. The third-order valence-corrected chi connectivity index (χ3v) is 5.12. The summed E-state index contributed by atoms with van der Waals surface area (Å²) in [6.07, 6.45) is 3.90. The topological polar surface area (TPSA) is 33.2 Å². The van der Waals surface area contributed by atoms with Crippen LogP contribution in [0.15, 0.2) is 60.8 Å². The molecular formula is C23H24N2O. The van der Waals surface area contributed by atoms with Gasteiger partial charge in [-0.2, -0.15) is 0 Å². The molecule has 0 bridgehead atoms. The van der Waals surface area contributed by atoms with Crippen molar-refractivity contribution in [2.24, 2.45) is 0 Å². The SMILES string of the molecule is CC(C)c1ccc(CN(C(=O)c2nccc3ccccc23)C2CC2)cc1. The standard InChI is InChI=1S/C23H24N2O/c1-16(2)18-9-7-17(8-10-18)15-25(20-11-12-20)23(26)22-21-6-4-3-5-19(21)13-14-24-22/h3-10,13-14,16,20H,11-12,15H2,1-2H3. The molecule has 3 nitrogen and oxygen atoms in total. The summed E-state index contributed by atoms with van der Waals surface area (Å²) in [5, 5.41) is 1.99. The molecule has 0 N–H and O–H groups in total. The van der Waals surface area contributed by atoms with Gasteiger partial charge in [0.1, 0.15) is 5.69 Å². The summed E-state index contributed by atoms with van der Waals surface area (Å²) in [6, 6.07) is 18.9. The van der Waals surface area contributed by atoms with Crippen LogP contribution in [0, 0.1) is 0 Å². The average molecular weight is 344 g/mol. The summed E-state index contributed by atoms with van der Waals surface area (Å²) in [5.41, 5.74) is 3.07. The number of rotatable bonds is 5. The van der Waals surface area contributed by atoms with E-state index in [-0.39, 0.29) is 5.91 Å². The Hall–Kier alpha value is -2.68. The first-order chi connectivity index (χ1) is 12.6. The first kappa shape index (κ1) is 16.8. The van der Waals surface area contributed by atoms with Crippen molar-refractivity contribution in [2.75, 3.05) is 0 Å². The van der Waals surface area contributed by atoms with E-state index in [1.165, 1.54) is 11.1 Å². The number of carbonyl (C=O) groups excluding carboxylic acids is 1. The third kappa shape index (κ3) is 3.34. The van der Waals surface area contributed by atoms with Crippen LogP contribution in [0.25, 0.3) is 10.8 Å². The minimum absolute atomic E-state index is 0.0391. The Labute approximate surface area is 154 Å². The highest BCUT2D eigenvalue weighted by Gasteiger charge is 2.34. The lowest BCUT2D eigenvalue weighted by Crippen LogP contribution is -2.33. The number of fused-ring (bicyclic) bond motifs is 1. The Kier molecular flexibility index (Phi) is 4.46. The Morgan fingerprint density at radius 1 is 1.08 bits per heavy atom. The molecule has 132 valence electrons. The smallest absolute Gasteiger partial charge is 0.273 e. The largest absolute Gasteiger partial charge is 0.330 e. The van der Waals surface area contributed by atoms with E-state index in [1.54, 1.807) is 6.20 Å². The van der Waals surface area contributed by atoms with Crippen molar-refractivity contribution in [1.29, 1.82) is 0 Å². The molecule has 1 fully saturated rings. The van der Waals surface area contributed by atoms with Crippen LogP contribution in [0.4, 0.5) is 0 Å². The van der Waals surface area contributed by atoms with Gasteiger partial charge < -0.3 is 4.90 Å². The van der Waals surface area contributed by atoms with Crippen molar-refractivity contribution >= 4 is 16.7 Å². The first-order valence-electron chi connectivity index (χ1n) is 9.37. The second-order valence-electron chi connectivity index (χ2n) is 7.44. The molecule has 1 heterocycles. The summed E-state index contributed by atoms with van der Waals surface area (Å²) < 4.78 is 0. The zero-order valence-electron chi connectivity index (χ0n) is 15.4. The zero-order chi connectivity index (χ0) is 18.1. The van der Waals surface area contributed by atoms with Gasteiger partial charge in [0.2, 0.25) is 0 Å². The molecule has 0 saturated heterocycles. The second-order valence-corrected chi connectivity index (χ2v) is 7.44. The lowest BCUT2D eigenvalue weighted by molar-refractivity contribution is 0.0726. The fourth-order valence-electron chi connectivity index (χ4n) is 3.38. The van der Waals surface area contributed by atoms with Gasteiger partial charge in [0.05, 0.1) is 0 Å². The van der Waals surface area contributed by atoms with E-state index in [2.05, 4.69) is 43.1 Å². The maximum atomic E-state index is 13.3. The van der Waals surface area contributed by atoms with E-state index in [4.69, 9.17) is 0 Å². The number of aromatic nitrogens is 1. The Bertz CT molecular complexity index is 921. The Balaban J connectivity index is 1.63. The Morgan fingerprint density at radius 3 is 2.50 bits per heavy atom. The van der Waals surface area contributed by atoms with Gasteiger partial charge in [0.15, 0.2) is 0 Å². The predicted molar refractivity (Wildman–Crippen MR) is 105 cm³/mol. The van der Waals surface area contributed by atoms with E-state index in [0.29, 0.717) is 24.2 Å². The first-order valence-corrected chi connectivity index (χ1v) is 9.37. The molecule has 0 aliphatic heterocycles. The number of benzene rings is 2. The van der Waals surface area contributed by atoms with Crippen molar-refractivity contribution < 1.29 is 4.79 Å². The zero-order valence-corrected chi connectivity index (χ0v) is 15.4. The predicted octanol–water partition coefficient (Wildman–Crippen LogP) is 5.16. The molecule has 2 aromatic carbocycles. The van der Waals surface area contributed by atoms with Crippen LogP contribution in [0.2, 0.25) is 0 Å². The number of nitrogens with zero attached hydrogens (tertiary/aromatic N) is 2. The summed E-state index contributed by atoms with van der Waals surface area (Å²) in [6.45, 7) is 5.04. The van der Waals surface area contributed by atoms with Crippen molar-refractivity contribution in [3.8, 4) is 0 Å². The normalized spacial score (nSPS) is 14.0. The Morgan fingerprint density at radius 2 is 1.81 bits per heavy atom. The summed E-state index contributed by atoms with van der Waals surface area (Å²) in [5.74, 6) is 0.558. The van der Waals surface area contributed by atoms with Gasteiger partial charge in [-0.05, 0) is 41.3 Å². The van der Waals surface area contributed by atoms with Gasteiger partial charge >= 0.3 is 0 Å². The molecule has 1 saturated carbocycles. The highest BCUT2D eigenvalue weighted by atomic mass is 16.2. The molecular weight excluding hydrogens is 320 g/mol. The summed E-state index contributed by atoms with van der Waals surface area (Å²) in [4.78, 5) is 19.7. The van der Waals surface area contributed by atoms with Crippen LogP contribution in [-0.2, 0) is 6.54 Å². The maximum absolute atomic E-state index is 13.3. The van der Waals surface area contributed by atoms with Crippen molar-refractivity contribution in [3.05, 3.63) is 77.6 Å². The highest BCUT2D eigenvalue weighted by molar-refractivity contribution is 6.05. The lowest BCUT2D eigenvalue weighted by Gasteiger charge is -2.23. The molecule has 0 spiro atoms. The van der Waals surface area contributed by atoms with Gasteiger partial charge in [-0.15, -0.1) is 0 Å². The van der Waals surface area contributed by atoms with Gasteiger partial charge in [0, 0.05) is 24.2 Å². The molecule has 1 aromatic heterocycles. The maximum Gasteiger partial charge on any atom is 0.273 e. The fraction of sp³-hybridized carbons (Fsp3) is 0.304. The minimum Gasteiger partial charge on any atom is -0.330 e. The molecule has 1 amide bonds. The van der Waals surface area contributed by atoms with E-state index in [9.17, 15) is 4.79 Å². The highest BCUT2D eigenvalue weighted by Crippen LogP contribution is 2.31. The van der Waals surface area contributed by atoms with E-state index in [1.807, 2.05) is 35.2 Å². The minimum atomic E-state index is 0.0391. The fourth-order valence-corrected chi connectivity index (χ4v) is 3.38. The molecule has 26 heavy (non-hydrogen) atoms. The average Bonchev–Trinajstić information content (AvgIpc) is 3.50. The van der Waals surface area contributed by atoms with Crippen LogP contribution in [0.3, 0.4) is 0 Å². The van der Waals surface area contributed by atoms with Gasteiger partial charge in [-0.3, -0.25) is 9.78 Å². The number of carbonyl (C=O) groups is 1. The van der Waals surface area contributed by atoms with E-state index >= 15 is 0 Å². The van der Waals surface area contributed by atoms with Crippen molar-refractivity contribution in [2.45, 2.75) is 45.2 Å².